The maximum absolute atomic E-state index is 6.56. The van der Waals surface area contributed by atoms with Gasteiger partial charge in [-0.05, 0) is 29.8 Å². The summed E-state index contributed by atoms with van der Waals surface area (Å²) in [6, 6.07) is 11.5. The van der Waals surface area contributed by atoms with Crippen LogP contribution in [-0.2, 0) is 9.47 Å². The summed E-state index contributed by atoms with van der Waals surface area (Å²) in [6.07, 6.45) is 5.13. The fraction of sp³-hybridized carbons (Fsp3) is 0.280. The van der Waals surface area contributed by atoms with Gasteiger partial charge in [-0.3, -0.25) is 0 Å². The molecule has 0 atom stereocenters. The lowest BCUT2D eigenvalue weighted by Gasteiger charge is -2.38. The lowest BCUT2D eigenvalue weighted by Crippen LogP contribution is -2.45. The normalized spacial score (nSPS) is 17.4. The largest absolute Gasteiger partial charge is 0.368 e. The minimum absolute atomic E-state index is 0.150. The number of anilines is 2. The Balaban J connectivity index is 1.35. The average molecular weight is 509 g/mol. The molecular formula is C25H22Cl2N6O2. The predicted octanol–water partition coefficient (Wildman–Crippen LogP) is 4.99. The molecular weight excluding hydrogens is 487 g/mol. The van der Waals surface area contributed by atoms with Crippen LogP contribution in [0.3, 0.4) is 0 Å². The van der Waals surface area contributed by atoms with E-state index >= 15 is 0 Å². The van der Waals surface area contributed by atoms with Gasteiger partial charge < -0.3 is 20.1 Å². The summed E-state index contributed by atoms with van der Waals surface area (Å²) in [7, 11) is 0. The number of piperidine rings is 1. The van der Waals surface area contributed by atoms with Crippen molar-refractivity contribution in [3.63, 3.8) is 0 Å². The van der Waals surface area contributed by atoms with E-state index in [1.54, 1.807) is 12.3 Å². The number of rotatable bonds is 3. The van der Waals surface area contributed by atoms with Crippen molar-refractivity contribution < 1.29 is 9.47 Å². The number of benzene rings is 1. The predicted molar refractivity (Wildman–Crippen MR) is 137 cm³/mol. The summed E-state index contributed by atoms with van der Waals surface area (Å²) in [5.41, 5.74) is 9.47. The summed E-state index contributed by atoms with van der Waals surface area (Å²) >= 11 is 12.9. The van der Waals surface area contributed by atoms with Crippen molar-refractivity contribution in [2.24, 2.45) is 0 Å². The topological polar surface area (TPSA) is 99.3 Å². The summed E-state index contributed by atoms with van der Waals surface area (Å²) in [4.78, 5) is 20.2. The van der Waals surface area contributed by atoms with Crippen LogP contribution in [0.5, 0.6) is 0 Å². The van der Waals surface area contributed by atoms with Gasteiger partial charge in [0.2, 0.25) is 5.95 Å². The minimum atomic E-state index is -0.410. The zero-order chi connectivity index (χ0) is 24.0. The van der Waals surface area contributed by atoms with Gasteiger partial charge in [0.05, 0.1) is 29.0 Å². The molecule has 1 spiro atoms. The molecule has 6 rings (SSSR count). The third-order valence-electron chi connectivity index (χ3n) is 6.53. The molecule has 0 saturated carbocycles. The smallest absolute Gasteiger partial charge is 0.222 e. The second kappa shape index (κ2) is 8.87. The number of nitrogens with zero attached hydrogens (tertiary/aromatic N) is 5. The molecule has 0 bridgehead atoms. The summed E-state index contributed by atoms with van der Waals surface area (Å²) in [5.74, 6) is 0.650. The molecule has 8 nitrogen and oxygen atoms in total. The molecule has 10 heteroatoms. The van der Waals surface area contributed by atoms with E-state index in [9.17, 15) is 0 Å². The van der Waals surface area contributed by atoms with E-state index in [0.29, 0.717) is 34.6 Å². The van der Waals surface area contributed by atoms with E-state index < -0.39 is 5.79 Å². The molecule has 3 aromatic heterocycles. The standard InChI is InChI=1S/C25H22Cl2N6O2/c26-19-3-1-2-16(22(19)27)17-12-20(31-23-18(17)14-30-24(28)32-23)15-4-5-21(29-13-15)33-8-6-25(7-9-33)34-10-11-35-25/h1-5,12-14H,6-11H2,(H2,28,30,31,32). The molecule has 35 heavy (non-hydrogen) atoms. The highest BCUT2D eigenvalue weighted by atomic mass is 35.5. The number of hydrogen-bond donors (Lipinski definition) is 1. The number of nitrogens with two attached hydrogens (primary N) is 1. The van der Waals surface area contributed by atoms with Crippen molar-refractivity contribution in [2.75, 3.05) is 36.9 Å². The van der Waals surface area contributed by atoms with Gasteiger partial charge in [-0.1, -0.05) is 35.3 Å². The van der Waals surface area contributed by atoms with Crippen molar-refractivity contribution >= 4 is 46.0 Å². The first-order valence-electron chi connectivity index (χ1n) is 11.4. The Morgan fingerprint density at radius 3 is 2.46 bits per heavy atom. The number of aromatic nitrogens is 4. The Bertz CT molecular complexity index is 1400. The molecule has 0 amide bonds. The Hall–Kier alpha value is -3.04. The second-order valence-electron chi connectivity index (χ2n) is 8.62. The van der Waals surface area contributed by atoms with Gasteiger partial charge in [0, 0.05) is 54.8 Å². The first kappa shape index (κ1) is 22.4. The molecule has 5 heterocycles. The molecule has 1 aromatic carbocycles. The number of halogens is 2. The van der Waals surface area contributed by atoms with Gasteiger partial charge in [-0.15, -0.1) is 0 Å². The van der Waals surface area contributed by atoms with Crippen LogP contribution < -0.4 is 10.6 Å². The highest BCUT2D eigenvalue weighted by molar-refractivity contribution is 6.44. The van der Waals surface area contributed by atoms with Crippen LogP contribution in [0.25, 0.3) is 33.4 Å². The van der Waals surface area contributed by atoms with E-state index in [0.717, 1.165) is 53.8 Å². The van der Waals surface area contributed by atoms with Crippen LogP contribution in [-0.4, -0.2) is 52.0 Å². The van der Waals surface area contributed by atoms with E-state index in [-0.39, 0.29) is 5.95 Å². The SMILES string of the molecule is Nc1ncc2c(-c3cccc(Cl)c3Cl)cc(-c3ccc(N4CCC5(CC4)OCCO5)nc3)nc2n1. The zero-order valence-electron chi connectivity index (χ0n) is 18.7. The molecule has 4 aromatic rings. The molecule has 2 aliphatic rings. The Labute approximate surface area is 212 Å². The molecule has 2 aliphatic heterocycles. The summed E-state index contributed by atoms with van der Waals surface area (Å²) < 4.78 is 11.7. The minimum Gasteiger partial charge on any atom is -0.368 e. The van der Waals surface area contributed by atoms with Crippen LogP contribution in [0.4, 0.5) is 11.8 Å². The maximum atomic E-state index is 6.56. The van der Waals surface area contributed by atoms with Crippen LogP contribution >= 0.6 is 23.2 Å². The second-order valence-corrected chi connectivity index (χ2v) is 9.41. The van der Waals surface area contributed by atoms with Gasteiger partial charge in [-0.25, -0.2) is 15.0 Å². The third kappa shape index (κ3) is 4.16. The number of fused-ring (bicyclic) bond motifs is 1. The monoisotopic (exact) mass is 508 g/mol. The van der Waals surface area contributed by atoms with Gasteiger partial charge >= 0.3 is 0 Å². The fourth-order valence-electron chi connectivity index (χ4n) is 4.69. The lowest BCUT2D eigenvalue weighted by atomic mass is 10.0. The lowest BCUT2D eigenvalue weighted by molar-refractivity contribution is -0.169. The number of nitrogen functional groups attached to an aromatic ring is 1. The van der Waals surface area contributed by atoms with Crippen molar-refractivity contribution in [2.45, 2.75) is 18.6 Å². The first-order valence-corrected chi connectivity index (χ1v) is 12.1. The number of hydrogen-bond acceptors (Lipinski definition) is 8. The quantitative estimate of drug-likeness (QED) is 0.413. The van der Waals surface area contributed by atoms with Crippen LogP contribution in [0.2, 0.25) is 10.0 Å². The summed E-state index contributed by atoms with van der Waals surface area (Å²) in [5, 5.41) is 1.65. The fourth-order valence-corrected chi connectivity index (χ4v) is 5.09. The molecule has 0 aliphatic carbocycles. The van der Waals surface area contributed by atoms with E-state index in [1.165, 1.54) is 0 Å². The van der Waals surface area contributed by atoms with E-state index in [4.69, 9.17) is 48.4 Å². The molecule has 2 N–H and O–H groups in total. The van der Waals surface area contributed by atoms with E-state index in [1.807, 2.05) is 36.5 Å². The van der Waals surface area contributed by atoms with Crippen molar-refractivity contribution in [3.8, 4) is 22.4 Å². The molecule has 2 saturated heterocycles. The molecule has 0 unspecified atom stereocenters. The highest BCUT2D eigenvalue weighted by Gasteiger charge is 2.40. The Morgan fingerprint density at radius 1 is 0.914 bits per heavy atom. The maximum Gasteiger partial charge on any atom is 0.222 e. The Kier molecular flexibility index (Phi) is 5.69. The van der Waals surface area contributed by atoms with Crippen molar-refractivity contribution in [1.29, 1.82) is 0 Å². The van der Waals surface area contributed by atoms with Crippen LogP contribution in [0.1, 0.15) is 12.8 Å². The molecule has 178 valence electrons. The third-order valence-corrected chi connectivity index (χ3v) is 7.35. The van der Waals surface area contributed by atoms with Crippen molar-refractivity contribution in [1.82, 2.24) is 19.9 Å². The molecule has 2 fully saturated rings. The molecule has 0 radical (unpaired) electrons. The summed E-state index contributed by atoms with van der Waals surface area (Å²) in [6.45, 7) is 3.00. The van der Waals surface area contributed by atoms with Gasteiger partial charge in [0.15, 0.2) is 11.4 Å². The van der Waals surface area contributed by atoms with Gasteiger partial charge in [-0.2, -0.15) is 4.98 Å². The Morgan fingerprint density at radius 2 is 1.71 bits per heavy atom. The van der Waals surface area contributed by atoms with Gasteiger partial charge in [0.25, 0.3) is 0 Å². The highest BCUT2D eigenvalue weighted by Crippen LogP contribution is 2.38. The number of ether oxygens (including phenoxy) is 2. The zero-order valence-corrected chi connectivity index (χ0v) is 20.3. The average Bonchev–Trinajstić information content (AvgIpc) is 3.33. The van der Waals surface area contributed by atoms with Gasteiger partial charge in [0.1, 0.15) is 5.82 Å². The van der Waals surface area contributed by atoms with Crippen molar-refractivity contribution in [3.05, 3.63) is 58.8 Å². The van der Waals surface area contributed by atoms with Crippen LogP contribution in [0.15, 0.2) is 48.8 Å². The first-order chi connectivity index (χ1) is 17.0. The number of pyridine rings is 2. The van der Waals surface area contributed by atoms with E-state index in [2.05, 4.69) is 14.9 Å². The van der Waals surface area contributed by atoms with Crippen LogP contribution in [0, 0.1) is 0 Å².